The molecule has 1 aromatic carbocycles. The zero-order valence-corrected chi connectivity index (χ0v) is 23.7. The van der Waals surface area contributed by atoms with Crippen LogP contribution in [0.2, 0.25) is 0 Å². The number of nitrogens with zero attached hydrogens (tertiary/aromatic N) is 6. The Balaban J connectivity index is 1.25. The van der Waals surface area contributed by atoms with Crippen molar-refractivity contribution < 1.29 is 9.53 Å². The van der Waals surface area contributed by atoms with Crippen LogP contribution in [0.1, 0.15) is 11.4 Å². The number of carbonyl (C=O) groups excluding carboxylic acids is 1. The standard InChI is InChI=1S/C32H33N7O2/c1-20-7-5-8-27(36-20)41-22-12-10-21(11-13-22)29-26(38(4)32-30(29)31(33)34-19-35-32)15-14-23-24-17-39(18-25(23)24)28(40)9-6-16-37(2)3/h5-13,19,23-25H,16-18H2,1-4H3,(H2,33,34,35)/b9-6+/t23?,24-,25+. The van der Waals surface area contributed by atoms with Crippen LogP contribution >= 0.6 is 0 Å². The van der Waals surface area contributed by atoms with Gasteiger partial charge in [-0.2, -0.15) is 0 Å². The number of pyridine rings is 1. The van der Waals surface area contributed by atoms with E-state index in [0.717, 1.165) is 53.2 Å². The first-order chi connectivity index (χ1) is 19.8. The number of piperidine rings is 1. The van der Waals surface area contributed by atoms with Crippen molar-refractivity contribution >= 4 is 22.8 Å². The topological polar surface area (TPSA) is 102 Å². The smallest absolute Gasteiger partial charge is 0.246 e. The highest BCUT2D eigenvalue weighted by Crippen LogP contribution is 2.51. The fourth-order valence-electron chi connectivity index (χ4n) is 5.63. The molecular formula is C32H33N7O2. The summed E-state index contributed by atoms with van der Waals surface area (Å²) >= 11 is 0. The summed E-state index contributed by atoms with van der Waals surface area (Å²) < 4.78 is 7.94. The summed E-state index contributed by atoms with van der Waals surface area (Å²) in [5.74, 6) is 9.83. The molecule has 0 bridgehead atoms. The molecule has 9 heteroatoms. The zero-order valence-electron chi connectivity index (χ0n) is 23.7. The summed E-state index contributed by atoms with van der Waals surface area (Å²) in [5, 5.41) is 0.783. The number of carbonyl (C=O) groups is 1. The number of rotatable bonds is 6. The average Bonchev–Trinajstić information content (AvgIpc) is 3.24. The first-order valence-electron chi connectivity index (χ1n) is 13.7. The van der Waals surface area contributed by atoms with Gasteiger partial charge in [0.2, 0.25) is 11.8 Å². The van der Waals surface area contributed by atoms with Crippen LogP contribution < -0.4 is 10.5 Å². The van der Waals surface area contributed by atoms with Crippen molar-refractivity contribution in [2.75, 3.05) is 39.5 Å². The lowest BCUT2D eigenvalue weighted by Crippen LogP contribution is -2.30. The lowest BCUT2D eigenvalue weighted by molar-refractivity contribution is -0.125. The van der Waals surface area contributed by atoms with Crippen LogP contribution in [0.5, 0.6) is 11.6 Å². The highest BCUT2D eigenvalue weighted by Gasteiger charge is 2.55. The molecule has 6 rings (SSSR count). The number of hydrogen-bond donors (Lipinski definition) is 1. The molecule has 1 unspecified atom stereocenters. The van der Waals surface area contributed by atoms with Crippen molar-refractivity contribution in [2.45, 2.75) is 6.92 Å². The highest BCUT2D eigenvalue weighted by atomic mass is 16.5. The van der Waals surface area contributed by atoms with Crippen molar-refractivity contribution in [3.05, 3.63) is 72.3 Å². The van der Waals surface area contributed by atoms with E-state index in [2.05, 4.69) is 26.8 Å². The summed E-state index contributed by atoms with van der Waals surface area (Å²) in [6, 6.07) is 13.5. The predicted molar refractivity (Wildman–Crippen MR) is 159 cm³/mol. The third-order valence-corrected chi connectivity index (χ3v) is 7.82. The van der Waals surface area contributed by atoms with Crippen LogP contribution in [0.3, 0.4) is 0 Å². The Kier molecular flexibility index (Phi) is 6.93. The van der Waals surface area contributed by atoms with E-state index in [9.17, 15) is 4.79 Å². The van der Waals surface area contributed by atoms with E-state index in [-0.39, 0.29) is 11.8 Å². The number of amides is 1. The molecule has 9 nitrogen and oxygen atoms in total. The summed E-state index contributed by atoms with van der Waals surface area (Å²) in [6.07, 6.45) is 5.08. The molecule has 41 heavy (non-hydrogen) atoms. The molecule has 3 atom stereocenters. The molecule has 208 valence electrons. The van der Waals surface area contributed by atoms with Crippen molar-refractivity contribution in [1.29, 1.82) is 0 Å². The second-order valence-electron chi connectivity index (χ2n) is 11.0. The van der Waals surface area contributed by atoms with Gasteiger partial charge >= 0.3 is 0 Å². The normalized spacial score (nSPS) is 19.4. The third kappa shape index (κ3) is 5.26. The van der Waals surface area contributed by atoms with Crippen LogP contribution in [0.25, 0.3) is 22.2 Å². The number of benzene rings is 1. The summed E-state index contributed by atoms with van der Waals surface area (Å²) in [6.45, 7) is 4.20. The predicted octanol–water partition coefficient (Wildman–Crippen LogP) is 3.89. The number of nitrogen functional groups attached to an aromatic ring is 1. The SMILES string of the molecule is Cc1cccc(Oc2ccc(-c3c(C#CC4[C@H]5CN(C(=O)/C=C/CN(C)C)C[C@@H]45)n(C)c4ncnc(N)c34)cc2)n1. The largest absolute Gasteiger partial charge is 0.439 e. The zero-order chi connectivity index (χ0) is 28.7. The maximum atomic E-state index is 12.5. The Morgan fingerprint density at radius 2 is 1.90 bits per heavy atom. The minimum atomic E-state index is 0.0846. The van der Waals surface area contributed by atoms with Crippen LogP contribution in [-0.2, 0) is 11.8 Å². The maximum Gasteiger partial charge on any atom is 0.246 e. The Morgan fingerprint density at radius 3 is 2.61 bits per heavy atom. The number of fused-ring (bicyclic) bond motifs is 2. The highest BCUT2D eigenvalue weighted by molar-refractivity contribution is 6.03. The van der Waals surface area contributed by atoms with Gasteiger partial charge in [0.05, 0.1) is 5.39 Å². The summed E-state index contributed by atoms with van der Waals surface area (Å²) in [4.78, 5) is 29.7. The van der Waals surface area contributed by atoms with Gasteiger partial charge < -0.3 is 24.8 Å². The minimum absolute atomic E-state index is 0.0846. The van der Waals surface area contributed by atoms with Crippen molar-refractivity contribution in [1.82, 2.24) is 29.3 Å². The van der Waals surface area contributed by atoms with Gasteiger partial charge in [-0.3, -0.25) is 4.79 Å². The van der Waals surface area contributed by atoms with Gasteiger partial charge in [-0.25, -0.2) is 15.0 Å². The quantitative estimate of drug-likeness (QED) is 0.289. The van der Waals surface area contributed by atoms with Crippen molar-refractivity contribution in [3.8, 4) is 34.6 Å². The number of ether oxygens (including phenoxy) is 1. The van der Waals surface area contributed by atoms with Crippen LogP contribution in [0.15, 0.2) is 60.9 Å². The van der Waals surface area contributed by atoms with Crippen molar-refractivity contribution in [2.24, 2.45) is 24.8 Å². The van der Waals surface area contributed by atoms with Gasteiger partial charge in [0.1, 0.15) is 29.2 Å². The molecule has 2 aliphatic rings. The number of nitrogens with two attached hydrogens (primary N) is 1. The first kappa shape index (κ1) is 26.5. The van der Waals surface area contributed by atoms with Gasteiger partial charge in [0, 0.05) is 56.0 Å². The van der Waals surface area contributed by atoms with Crippen LogP contribution in [0.4, 0.5) is 5.82 Å². The van der Waals surface area contributed by atoms with Gasteiger partial charge in [-0.1, -0.05) is 30.2 Å². The van der Waals surface area contributed by atoms with E-state index in [1.807, 2.05) is 91.0 Å². The Labute approximate surface area is 239 Å². The second kappa shape index (κ2) is 10.7. The van der Waals surface area contributed by atoms with Crippen molar-refractivity contribution in [3.63, 3.8) is 0 Å². The lowest BCUT2D eigenvalue weighted by Gasteiger charge is -2.16. The minimum Gasteiger partial charge on any atom is -0.439 e. The molecule has 3 aromatic heterocycles. The van der Waals surface area contributed by atoms with E-state index < -0.39 is 0 Å². The molecule has 4 heterocycles. The summed E-state index contributed by atoms with van der Waals surface area (Å²) in [7, 11) is 5.93. The van der Waals surface area contributed by atoms with E-state index >= 15 is 0 Å². The molecule has 0 spiro atoms. The molecule has 4 aromatic rings. The first-order valence-corrected chi connectivity index (χ1v) is 13.7. The van der Waals surface area contributed by atoms with E-state index in [1.54, 1.807) is 6.08 Å². The second-order valence-corrected chi connectivity index (χ2v) is 11.0. The number of anilines is 1. The Morgan fingerprint density at radius 1 is 1.15 bits per heavy atom. The third-order valence-electron chi connectivity index (χ3n) is 7.82. The molecule has 0 radical (unpaired) electrons. The molecule has 2 fully saturated rings. The van der Waals surface area contributed by atoms with Crippen LogP contribution in [0, 0.1) is 36.5 Å². The fraction of sp³-hybridized carbons (Fsp3) is 0.312. The summed E-state index contributed by atoms with van der Waals surface area (Å²) in [5.41, 5.74) is 10.7. The fourth-order valence-corrected chi connectivity index (χ4v) is 5.63. The number of aromatic nitrogens is 4. The lowest BCUT2D eigenvalue weighted by atomic mass is 10.0. The number of likely N-dealkylation sites (N-methyl/N-ethyl adjacent to an activating group) is 1. The Bertz CT molecular complexity index is 1700. The van der Waals surface area contributed by atoms with Gasteiger partial charge in [-0.05, 0) is 62.5 Å². The number of likely N-dealkylation sites (tertiary alicyclic amines) is 1. The molecule has 1 aliphatic heterocycles. The molecule has 1 saturated heterocycles. The van der Waals surface area contributed by atoms with Gasteiger partial charge in [0.25, 0.3) is 0 Å². The van der Waals surface area contributed by atoms with E-state index in [4.69, 9.17) is 10.5 Å². The monoisotopic (exact) mass is 547 g/mol. The number of aryl methyl sites for hydroxylation is 2. The van der Waals surface area contributed by atoms with E-state index in [0.29, 0.717) is 29.3 Å². The van der Waals surface area contributed by atoms with Gasteiger partial charge in [-0.15, -0.1) is 0 Å². The molecule has 2 N–H and O–H groups in total. The van der Waals surface area contributed by atoms with Crippen LogP contribution in [-0.4, -0.2) is 69.0 Å². The molecule has 1 amide bonds. The molecular weight excluding hydrogens is 514 g/mol. The molecule has 1 aliphatic carbocycles. The molecule has 1 saturated carbocycles. The average molecular weight is 548 g/mol. The van der Waals surface area contributed by atoms with E-state index in [1.165, 1.54) is 6.33 Å². The number of hydrogen-bond acceptors (Lipinski definition) is 7. The van der Waals surface area contributed by atoms with Gasteiger partial charge in [0.15, 0.2) is 0 Å². The Hall–Kier alpha value is -4.68. The maximum absolute atomic E-state index is 12.5.